The highest BCUT2D eigenvalue weighted by Crippen LogP contribution is 2.09. The molecule has 0 aromatic carbocycles. The number of hydrogen-bond acceptors (Lipinski definition) is 7. The molecule has 92 valence electrons. The van der Waals surface area contributed by atoms with Crippen LogP contribution in [0.25, 0.3) is 0 Å². The summed E-state index contributed by atoms with van der Waals surface area (Å²) in [6, 6.07) is 0. The summed E-state index contributed by atoms with van der Waals surface area (Å²) in [5.41, 5.74) is 0. The Balaban J connectivity index is 4.71. The molecule has 7 nitrogen and oxygen atoms in total. The maximum absolute atomic E-state index is 10.8. The van der Waals surface area contributed by atoms with Crippen LogP contribution in [-0.2, 0) is 14.3 Å². The molecule has 0 saturated carbocycles. The third-order valence-electron chi connectivity index (χ3n) is 1.81. The second-order valence-corrected chi connectivity index (χ2v) is 2.97. The van der Waals surface area contributed by atoms with Crippen LogP contribution in [0.4, 0.5) is 0 Å². The van der Waals surface area contributed by atoms with Gasteiger partial charge in [-0.15, -0.1) is 0 Å². The lowest BCUT2D eigenvalue weighted by Crippen LogP contribution is -2.48. The molecule has 0 radical (unpaired) electrons. The normalized spacial score (nSPS) is 18.0. The van der Waals surface area contributed by atoms with Crippen molar-refractivity contribution in [2.75, 3.05) is 6.61 Å². The molecule has 4 N–H and O–H groups in total. The summed E-state index contributed by atoms with van der Waals surface area (Å²) in [6.45, 7) is 2.27. The zero-order valence-corrected chi connectivity index (χ0v) is 8.39. The molecule has 0 unspecified atom stereocenters. The first-order valence-electron chi connectivity index (χ1n) is 4.41. The van der Waals surface area contributed by atoms with Crippen molar-refractivity contribution in [2.24, 2.45) is 0 Å². The van der Waals surface area contributed by atoms with Crippen LogP contribution in [0, 0.1) is 0 Å². The molecule has 0 aliphatic rings. The van der Waals surface area contributed by atoms with E-state index in [0.717, 1.165) is 6.08 Å². The van der Waals surface area contributed by atoms with Crippen molar-refractivity contribution in [1.82, 2.24) is 0 Å². The Morgan fingerprint density at radius 1 is 1.38 bits per heavy atom. The molecule has 0 spiro atoms. The number of rotatable bonds is 7. The van der Waals surface area contributed by atoms with Crippen LogP contribution in [0.5, 0.6) is 0 Å². The van der Waals surface area contributed by atoms with Crippen molar-refractivity contribution in [3.8, 4) is 0 Å². The van der Waals surface area contributed by atoms with E-state index in [1.807, 2.05) is 0 Å². The fourth-order valence-corrected chi connectivity index (χ4v) is 0.928. The van der Waals surface area contributed by atoms with E-state index in [-0.39, 0.29) is 6.29 Å². The molecule has 0 aliphatic heterocycles. The van der Waals surface area contributed by atoms with Crippen LogP contribution in [0.1, 0.15) is 0 Å². The van der Waals surface area contributed by atoms with E-state index in [9.17, 15) is 14.7 Å². The van der Waals surface area contributed by atoms with Gasteiger partial charge in [0, 0.05) is 6.08 Å². The number of aldehydes is 1. The van der Waals surface area contributed by atoms with Gasteiger partial charge in [-0.25, -0.2) is 4.79 Å². The van der Waals surface area contributed by atoms with Gasteiger partial charge in [-0.05, 0) is 0 Å². The van der Waals surface area contributed by atoms with Crippen molar-refractivity contribution < 1.29 is 34.8 Å². The summed E-state index contributed by atoms with van der Waals surface area (Å²) in [5.74, 6) is -0.977. The molecule has 0 rings (SSSR count). The van der Waals surface area contributed by atoms with E-state index in [4.69, 9.17) is 15.3 Å². The molecule has 0 aromatic rings. The third kappa shape index (κ3) is 4.07. The molecule has 4 atom stereocenters. The van der Waals surface area contributed by atoms with Crippen molar-refractivity contribution in [2.45, 2.75) is 24.4 Å². The van der Waals surface area contributed by atoms with E-state index in [1.165, 1.54) is 0 Å². The highest BCUT2D eigenvalue weighted by Gasteiger charge is 2.34. The van der Waals surface area contributed by atoms with Crippen molar-refractivity contribution >= 4 is 12.3 Å². The van der Waals surface area contributed by atoms with E-state index in [0.29, 0.717) is 0 Å². The predicted molar refractivity (Wildman–Crippen MR) is 51.2 cm³/mol. The monoisotopic (exact) mass is 234 g/mol. The average molecular weight is 234 g/mol. The van der Waals surface area contributed by atoms with Gasteiger partial charge in [0.05, 0.1) is 6.61 Å². The van der Waals surface area contributed by atoms with Gasteiger partial charge < -0.3 is 30.0 Å². The number of carbonyl (C=O) groups excluding carboxylic acids is 2. The summed E-state index contributed by atoms with van der Waals surface area (Å²) in [6.07, 6.45) is -6.09. The summed E-state index contributed by atoms with van der Waals surface area (Å²) >= 11 is 0. The Morgan fingerprint density at radius 2 is 1.94 bits per heavy atom. The minimum atomic E-state index is -1.81. The van der Waals surface area contributed by atoms with Crippen LogP contribution >= 0.6 is 0 Å². The first-order valence-corrected chi connectivity index (χ1v) is 4.41. The minimum Gasteiger partial charge on any atom is -0.453 e. The minimum absolute atomic E-state index is 0.0361. The molecule has 0 saturated heterocycles. The molecular weight excluding hydrogens is 220 g/mol. The van der Waals surface area contributed by atoms with Crippen LogP contribution in [0.2, 0.25) is 0 Å². The Bertz CT molecular complexity index is 252. The summed E-state index contributed by atoms with van der Waals surface area (Å²) in [5, 5.41) is 36.2. The Labute approximate surface area is 91.6 Å². The van der Waals surface area contributed by atoms with E-state index >= 15 is 0 Å². The van der Waals surface area contributed by atoms with Gasteiger partial charge in [-0.3, -0.25) is 0 Å². The van der Waals surface area contributed by atoms with Crippen molar-refractivity contribution in [3.63, 3.8) is 0 Å². The smallest absolute Gasteiger partial charge is 0.330 e. The number of aliphatic hydroxyl groups is 4. The molecular formula is C9H14O7. The van der Waals surface area contributed by atoms with E-state index in [2.05, 4.69) is 11.3 Å². The fourth-order valence-electron chi connectivity index (χ4n) is 0.928. The Morgan fingerprint density at radius 3 is 2.31 bits per heavy atom. The standard InChI is InChI=1S/C9H14O7/c1-2-7(14)16-9(6(13)4-11)8(15)5(12)3-10/h2,4-6,8-10,12-13,15H,1,3H2/t5-,6+,8-,9-/m1/s1. The van der Waals surface area contributed by atoms with Gasteiger partial charge >= 0.3 is 5.97 Å². The van der Waals surface area contributed by atoms with Gasteiger partial charge in [0.1, 0.15) is 18.3 Å². The maximum atomic E-state index is 10.8. The predicted octanol–water partition coefficient (Wildman–Crippen LogP) is -2.64. The first-order chi connectivity index (χ1) is 7.47. The molecule has 0 aromatic heterocycles. The van der Waals surface area contributed by atoms with Crippen LogP contribution in [0.15, 0.2) is 12.7 Å². The average Bonchev–Trinajstić information content (AvgIpc) is 2.32. The quantitative estimate of drug-likeness (QED) is 0.215. The maximum Gasteiger partial charge on any atom is 0.330 e. The lowest BCUT2D eigenvalue weighted by atomic mass is 10.0. The fraction of sp³-hybridized carbons (Fsp3) is 0.556. The van der Waals surface area contributed by atoms with Gasteiger partial charge in [0.2, 0.25) is 0 Å². The number of carbonyl (C=O) groups is 2. The molecule has 0 bridgehead atoms. The Kier molecular flexibility index (Phi) is 6.50. The Hall–Kier alpha value is -1.28. The zero-order valence-electron chi connectivity index (χ0n) is 8.39. The lowest BCUT2D eigenvalue weighted by Gasteiger charge is -2.26. The SMILES string of the molecule is C=CC(=O)O[C@@H]([C@H](O)[C@H](O)CO)[C@@H](O)C=O. The van der Waals surface area contributed by atoms with Crippen molar-refractivity contribution in [1.29, 1.82) is 0 Å². The molecule has 16 heavy (non-hydrogen) atoms. The van der Waals surface area contributed by atoms with Crippen LogP contribution in [-0.4, -0.2) is 63.7 Å². The molecule has 0 aliphatic carbocycles. The second-order valence-electron chi connectivity index (χ2n) is 2.97. The topological polar surface area (TPSA) is 124 Å². The van der Waals surface area contributed by atoms with Gasteiger partial charge in [0.15, 0.2) is 12.4 Å². The number of ether oxygens (including phenoxy) is 1. The van der Waals surface area contributed by atoms with Gasteiger partial charge in [0.25, 0.3) is 0 Å². The first kappa shape index (κ1) is 14.7. The molecule has 0 heterocycles. The van der Waals surface area contributed by atoms with Crippen LogP contribution < -0.4 is 0 Å². The molecule has 7 heteroatoms. The summed E-state index contributed by atoms with van der Waals surface area (Å²) in [7, 11) is 0. The van der Waals surface area contributed by atoms with E-state index < -0.39 is 37.0 Å². The highest BCUT2D eigenvalue weighted by molar-refractivity contribution is 5.81. The summed E-state index contributed by atoms with van der Waals surface area (Å²) in [4.78, 5) is 21.1. The number of aliphatic hydroxyl groups excluding tert-OH is 4. The zero-order chi connectivity index (χ0) is 12.7. The van der Waals surface area contributed by atoms with Crippen molar-refractivity contribution in [3.05, 3.63) is 12.7 Å². The molecule has 0 fully saturated rings. The highest BCUT2D eigenvalue weighted by atomic mass is 16.6. The molecule has 0 amide bonds. The summed E-state index contributed by atoms with van der Waals surface area (Å²) < 4.78 is 4.48. The number of hydrogen-bond donors (Lipinski definition) is 4. The van der Waals surface area contributed by atoms with E-state index in [1.54, 1.807) is 0 Å². The van der Waals surface area contributed by atoms with Gasteiger partial charge in [-0.1, -0.05) is 6.58 Å². The number of esters is 1. The van der Waals surface area contributed by atoms with Crippen LogP contribution in [0.3, 0.4) is 0 Å². The lowest BCUT2D eigenvalue weighted by molar-refractivity contribution is -0.169. The second kappa shape index (κ2) is 7.07. The third-order valence-corrected chi connectivity index (χ3v) is 1.81. The van der Waals surface area contributed by atoms with Gasteiger partial charge in [-0.2, -0.15) is 0 Å². The largest absolute Gasteiger partial charge is 0.453 e.